The van der Waals surface area contributed by atoms with Crippen LogP contribution in [-0.2, 0) is 11.3 Å². The summed E-state index contributed by atoms with van der Waals surface area (Å²) in [6.45, 7) is 4.30. The number of halogens is 1. The van der Waals surface area contributed by atoms with Crippen LogP contribution in [0.1, 0.15) is 30.7 Å². The van der Waals surface area contributed by atoms with Crippen molar-refractivity contribution in [3.63, 3.8) is 0 Å². The molecule has 1 amide bonds. The van der Waals surface area contributed by atoms with Crippen molar-refractivity contribution in [3.8, 4) is 0 Å². The highest BCUT2D eigenvalue weighted by molar-refractivity contribution is 14.0. The number of aryl methyl sites for hydroxylation is 1. The number of piperidine rings is 1. The molecule has 8 heteroatoms. The first-order valence-corrected chi connectivity index (χ1v) is 7.70. The van der Waals surface area contributed by atoms with Gasteiger partial charge < -0.3 is 20.1 Å². The molecule has 1 fully saturated rings. The van der Waals surface area contributed by atoms with E-state index in [4.69, 9.17) is 4.52 Å². The van der Waals surface area contributed by atoms with Gasteiger partial charge in [0.15, 0.2) is 11.7 Å². The minimum Gasteiger partial charge on any atom is -0.359 e. The quantitative estimate of drug-likeness (QED) is 0.426. The van der Waals surface area contributed by atoms with Gasteiger partial charge in [0, 0.05) is 39.7 Å². The Morgan fingerprint density at radius 2 is 2.17 bits per heavy atom. The number of nitrogens with zero attached hydrogens (tertiary/aromatic N) is 3. The van der Waals surface area contributed by atoms with Crippen LogP contribution in [0.15, 0.2) is 15.6 Å². The van der Waals surface area contributed by atoms with E-state index in [0.717, 1.165) is 43.3 Å². The molecular weight excluding hydrogens is 409 g/mol. The van der Waals surface area contributed by atoms with Gasteiger partial charge in [-0.2, -0.15) is 0 Å². The number of amides is 1. The molecule has 0 aromatic carbocycles. The maximum Gasteiger partial charge on any atom is 0.220 e. The molecule has 7 nitrogen and oxygen atoms in total. The smallest absolute Gasteiger partial charge is 0.220 e. The van der Waals surface area contributed by atoms with Gasteiger partial charge in [-0.1, -0.05) is 5.16 Å². The summed E-state index contributed by atoms with van der Waals surface area (Å²) in [7, 11) is 3.47. The standard InChI is InChI=1S/C15H25N5O2.HI/c1-11-8-13(22-19-11)10-18-15(17-3)20-6-4-12(5-7-20)9-14(21)16-2;/h8,12H,4-7,9-10H2,1-3H3,(H,16,21)(H,17,18);1H. The van der Waals surface area contributed by atoms with E-state index >= 15 is 0 Å². The van der Waals surface area contributed by atoms with Gasteiger partial charge in [0.05, 0.1) is 12.2 Å². The molecule has 1 aromatic heterocycles. The molecule has 0 atom stereocenters. The molecule has 0 saturated carbocycles. The van der Waals surface area contributed by atoms with E-state index in [-0.39, 0.29) is 29.9 Å². The molecule has 2 N–H and O–H groups in total. The first-order valence-electron chi connectivity index (χ1n) is 7.70. The summed E-state index contributed by atoms with van der Waals surface area (Å²) in [5.41, 5.74) is 0.877. The van der Waals surface area contributed by atoms with Gasteiger partial charge >= 0.3 is 0 Å². The normalized spacial score (nSPS) is 16.0. The third-order valence-corrected chi connectivity index (χ3v) is 3.98. The topological polar surface area (TPSA) is 82.8 Å². The highest BCUT2D eigenvalue weighted by Crippen LogP contribution is 2.20. The molecule has 130 valence electrons. The lowest BCUT2D eigenvalue weighted by molar-refractivity contribution is -0.121. The molecular formula is C15H26IN5O2. The summed E-state index contributed by atoms with van der Waals surface area (Å²) < 4.78 is 5.19. The SMILES string of the molecule is CN=C(NCc1cc(C)no1)N1CCC(CC(=O)NC)CC1.I. The molecule has 1 saturated heterocycles. The number of aromatic nitrogens is 1. The second-order valence-corrected chi connectivity index (χ2v) is 5.64. The maximum absolute atomic E-state index is 11.4. The lowest BCUT2D eigenvalue weighted by atomic mass is 9.93. The van der Waals surface area contributed by atoms with Crippen molar-refractivity contribution in [2.45, 2.75) is 32.7 Å². The Morgan fingerprint density at radius 3 is 2.70 bits per heavy atom. The summed E-state index contributed by atoms with van der Waals surface area (Å²) in [5.74, 6) is 2.26. The number of aliphatic imine (C=N–C) groups is 1. The molecule has 1 aliphatic heterocycles. The van der Waals surface area contributed by atoms with Crippen molar-refractivity contribution in [2.75, 3.05) is 27.2 Å². The Labute approximate surface area is 154 Å². The summed E-state index contributed by atoms with van der Waals surface area (Å²) in [5, 5.41) is 9.86. The number of hydrogen-bond donors (Lipinski definition) is 2. The van der Waals surface area contributed by atoms with Crippen molar-refractivity contribution in [1.82, 2.24) is 20.7 Å². The first kappa shape index (κ1) is 19.7. The van der Waals surface area contributed by atoms with Crippen molar-refractivity contribution in [3.05, 3.63) is 17.5 Å². The van der Waals surface area contributed by atoms with Crippen LogP contribution in [0, 0.1) is 12.8 Å². The minimum atomic E-state index is 0. The van der Waals surface area contributed by atoms with Crippen molar-refractivity contribution in [1.29, 1.82) is 0 Å². The summed E-state index contributed by atoms with van der Waals surface area (Å²) in [6.07, 6.45) is 2.64. The Balaban J connectivity index is 0.00000264. The molecule has 0 bridgehead atoms. The molecule has 0 spiro atoms. The zero-order valence-corrected chi connectivity index (χ0v) is 16.3. The van der Waals surface area contributed by atoms with Crippen LogP contribution in [0.2, 0.25) is 0 Å². The number of nitrogens with one attached hydrogen (secondary N) is 2. The molecule has 2 rings (SSSR count). The molecule has 0 radical (unpaired) electrons. The fourth-order valence-electron chi connectivity index (χ4n) is 2.71. The predicted molar refractivity (Wildman–Crippen MR) is 99.8 cm³/mol. The number of rotatable bonds is 4. The van der Waals surface area contributed by atoms with Crippen LogP contribution in [-0.4, -0.2) is 49.1 Å². The summed E-state index contributed by atoms with van der Waals surface area (Å²) in [6, 6.07) is 1.91. The average Bonchev–Trinajstić information content (AvgIpc) is 2.95. The van der Waals surface area contributed by atoms with E-state index in [9.17, 15) is 4.79 Å². The average molecular weight is 435 g/mol. The largest absolute Gasteiger partial charge is 0.359 e. The third-order valence-electron chi connectivity index (χ3n) is 3.98. The summed E-state index contributed by atoms with van der Waals surface area (Å²) in [4.78, 5) is 18.0. The Morgan fingerprint density at radius 1 is 1.48 bits per heavy atom. The second kappa shape index (κ2) is 9.74. The number of guanidine groups is 1. The van der Waals surface area contributed by atoms with Crippen LogP contribution >= 0.6 is 24.0 Å². The van der Waals surface area contributed by atoms with Gasteiger partial charge in [0.25, 0.3) is 0 Å². The van der Waals surface area contributed by atoms with E-state index in [1.165, 1.54) is 0 Å². The van der Waals surface area contributed by atoms with Crippen molar-refractivity contribution in [2.24, 2.45) is 10.9 Å². The minimum absolute atomic E-state index is 0. The van der Waals surface area contributed by atoms with Crippen LogP contribution < -0.4 is 10.6 Å². The second-order valence-electron chi connectivity index (χ2n) is 5.64. The van der Waals surface area contributed by atoms with E-state index in [0.29, 0.717) is 18.9 Å². The van der Waals surface area contributed by atoms with Crippen LogP contribution in [0.3, 0.4) is 0 Å². The van der Waals surface area contributed by atoms with E-state index in [2.05, 4.69) is 25.7 Å². The molecule has 1 aromatic rings. The van der Waals surface area contributed by atoms with Gasteiger partial charge in [0.1, 0.15) is 0 Å². The van der Waals surface area contributed by atoms with Gasteiger partial charge in [0.2, 0.25) is 5.91 Å². The van der Waals surface area contributed by atoms with E-state index < -0.39 is 0 Å². The van der Waals surface area contributed by atoms with E-state index in [1.54, 1.807) is 14.1 Å². The monoisotopic (exact) mass is 435 g/mol. The number of carbonyl (C=O) groups excluding carboxylic acids is 1. The van der Waals surface area contributed by atoms with Gasteiger partial charge in [-0.3, -0.25) is 9.79 Å². The molecule has 2 heterocycles. The zero-order valence-electron chi connectivity index (χ0n) is 14.0. The molecule has 23 heavy (non-hydrogen) atoms. The maximum atomic E-state index is 11.4. The molecule has 0 aliphatic carbocycles. The third kappa shape index (κ3) is 6.00. The van der Waals surface area contributed by atoms with Gasteiger partial charge in [-0.25, -0.2) is 0 Å². The fourth-order valence-corrected chi connectivity index (χ4v) is 2.71. The van der Waals surface area contributed by atoms with Crippen LogP contribution in [0.25, 0.3) is 0 Å². The Kier molecular flexibility index (Phi) is 8.35. The predicted octanol–water partition coefficient (Wildman–Crippen LogP) is 1.52. The fraction of sp³-hybridized carbons (Fsp3) is 0.667. The lowest BCUT2D eigenvalue weighted by Crippen LogP contribution is -2.45. The van der Waals surface area contributed by atoms with Crippen molar-refractivity contribution < 1.29 is 9.32 Å². The Hall–Kier alpha value is -1.32. The zero-order chi connectivity index (χ0) is 15.9. The van der Waals surface area contributed by atoms with Crippen LogP contribution in [0.5, 0.6) is 0 Å². The van der Waals surface area contributed by atoms with E-state index in [1.807, 2.05) is 13.0 Å². The van der Waals surface area contributed by atoms with Crippen molar-refractivity contribution >= 4 is 35.8 Å². The highest BCUT2D eigenvalue weighted by Gasteiger charge is 2.23. The lowest BCUT2D eigenvalue weighted by Gasteiger charge is -2.33. The Bertz CT molecular complexity index is 524. The number of likely N-dealkylation sites (tertiary alicyclic amines) is 1. The number of hydrogen-bond acceptors (Lipinski definition) is 4. The van der Waals surface area contributed by atoms with Crippen LogP contribution in [0.4, 0.5) is 0 Å². The number of carbonyl (C=O) groups is 1. The van der Waals surface area contributed by atoms with Gasteiger partial charge in [-0.05, 0) is 25.7 Å². The summed E-state index contributed by atoms with van der Waals surface area (Å²) >= 11 is 0. The first-order chi connectivity index (χ1) is 10.6. The molecule has 0 unspecified atom stereocenters. The molecule has 1 aliphatic rings. The van der Waals surface area contributed by atoms with Gasteiger partial charge in [-0.15, -0.1) is 24.0 Å². The highest BCUT2D eigenvalue weighted by atomic mass is 127.